The van der Waals surface area contributed by atoms with Gasteiger partial charge in [-0.2, -0.15) is 0 Å². The first-order valence-electron chi connectivity index (χ1n) is 6.73. The lowest BCUT2D eigenvalue weighted by Crippen LogP contribution is -1.99. The number of aromatic nitrogens is 1. The van der Waals surface area contributed by atoms with E-state index in [4.69, 9.17) is 4.42 Å². The lowest BCUT2D eigenvalue weighted by molar-refractivity contribution is 0.538. The number of hydrogen-bond acceptors (Lipinski definition) is 3. The van der Waals surface area contributed by atoms with Gasteiger partial charge in [0, 0.05) is 27.6 Å². The number of halogens is 2. The van der Waals surface area contributed by atoms with Crippen LogP contribution in [0.5, 0.6) is 0 Å². The second-order valence-corrected chi connectivity index (χ2v) is 6.45. The number of nitrogens with zero attached hydrogens (tertiary/aromatic N) is 1. The molecule has 0 spiro atoms. The van der Waals surface area contributed by atoms with Gasteiger partial charge >= 0.3 is 0 Å². The molecule has 0 atom stereocenters. The topological polar surface area (TPSA) is 38.1 Å². The molecule has 108 valence electrons. The first-order chi connectivity index (χ1) is 10.2. The number of anilines is 1. The van der Waals surface area contributed by atoms with Gasteiger partial charge in [-0.05, 0) is 67.8 Å². The number of rotatable bonds is 4. The predicted molar refractivity (Wildman–Crippen MR) is 92.6 cm³/mol. The Hall–Kier alpha value is -1.33. The Labute approximate surface area is 140 Å². The van der Waals surface area contributed by atoms with E-state index in [2.05, 4.69) is 54.3 Å². The molecule has 1 aromatic heterocycles. The summed E-state index contributed by atoms with van der Waals surface area (Å²) in [6, 6.07) is 12.2. The fourth-order valence-electron chi connectivity index (χ4n) is 2.09. The van der Waals surface area contributed by atoms with E-state index >= 15 is 0 Å². The number of oxazole rings is 1. The van der Waals surface area contributed by atoms with Crippen molar-refractivity contribution in [2.24, 2.45) is 0 Å². The lowest BCUT2D eigenvalue weighted by atomic mass is 10.2. The number of fused-ring (bicyclic) bond motifs is 1. The van der Waals surface area contributed by atoms with Crippen LogP contribution in [0.2, 0.25) is 0 Å². The molecular formula is C16H14Br2N2O. The summed E-state index contributed by atoms with van der Waals surface area (Å²) in [6.07, 6.45) is 0.810. The summed E-state index contributed by atoms with van der Waals surface area (Å²) >= 11 is 6.99. The number of aryl methyl sites for hydroxylation is 1. The van der Waals surface area contributed by atoms with Gasteiger partial charge in [0.15, 0.2) is 11.5 Å². The SMILES string of the molecule is CCc1nc2cc(NCc3ccc(Br)c(Br)c3)ccc2o1. The molecule has 2 aromatic carbocycles. The Balaban J connectivity index is 1.76. The monoisotopic (exact) mass is 408 g/mol. The molecule has 3 aromatic rings. The van der Waals surface area contributed by atoms with Crippen molar-refractivity contribution in [3.05, 3.63) is 56.8 Å². The van der Waals surface area contributed by atoms with E-state index < -0.39 is 0 Å². The predicted octanol–water partition coefficient (Wildman–Crippen LogP) is 5.53. The molecule has 0 amide bonds. The van der Waals surface area contributed by atoms with E-state index in [-0.39, 0.29) is 0 Å². The second kappa shape index (κ2) is 6.20. The van der Waals surface area contributed by atoms with E-state index in [9.17, 15) is 0 Å². The van der Waals surface area contributed by atoms with Crippen molar-refractivity contribution in [1.82, 2.24) is 4.98 Å². The van der Waals surface area contributed by atoms with Crippen LogP contribution in [-0.4, -0.2) is 4.98 Å². The van der Waals surface area contributed by atoms with Crippen LogP contribution in [0.4, 0.5) is 5.69 Å². The summed E-state index contributed by atoms with van der Waals surface area (Å²) in [7, 11) is 0. The molecule has 21 heavy (non-hydrogen) atoms. The summed E-state index contributed by atoms with van der Waals surface area (Å²) in [5, 5.41) is 3.41. The van der Waals surface area contributed by atoms with Crippen LogP contribution in [0.1, 0.15) is 18.4 Å². The van der Waals surface area contributed by atoms with Crippen LogP contribution in [0.3, 0.4) is 0 Å². The number of benzene rings is 2. The highest BCUT2D eigenvalue weighted by atomic mass is 79.9. The minimum absolute atomic E-state index is 0.760. The molecule has 0 aliphatic carbocycles. The largest absolute Gasteiger partial charge is 0.441 e. The van der Waals surface area contributed by atoms with Crippen molar-refractivity contribution in [3.8, 4) is 0 Å². The van der Waals surface area contributed by atoms with Crippen LogP contribution in [0.25, 0.3) is 11.1 Å². The highest BCUT2D eigenvalue weighted by Gasteiger charge is 2.05. The molecule has 3 rings (SSSR count). The molecular weight excluding hydrogens is 396 g/mol. The van der Waals surface area contributed by atoms with Gasteiger partial charge in [-0.15, -0.1) is 0 Å². The second-order valence-electron chi connectivity index (χ2n) is 4.75. The molecule has 3 nitrogen and oxygen atoms in total. The molecule has 0 aliphatic rings. The van der Waals surface area contributed by atoms with Gasteiger partial charge in [0.25, 0.3) is 0 Å². The third-order valence-corrected chi connectivity index (χ3v) is 5.09. The Morgan fingerprint density at radius 1 is 1.10 bits per heavy atom. The van der Waals surface area contributed by atoms with E-state index in [1.165, 1.54) is 5.56 Å². The van der Waals surface area contributed by atoms with Crippen molar-refractivity contribution in [3.63, 3.8) is 0 Å². The summed E-state index contributed by atoms with van der Waals surface area (Å²) < 4.78 is 7.73. The smallest absolute Gasteiger partial charge is 0.195 e. The Morgan fingerprint density at radius 3 is 2.71 bits per heavy atom. The van der Waals surface area contributed by atoms with Crippen molar-refractivity contribution in [1.29, 1.82) is 0 Å². The maximum Gasteiger partial charge on any atom is 0.195 e. The Morgan fingerprint density at radius 2 is 1.95 bits per heavy atom. The number of nitrogens with one attached hydrogen (secondary N) is 1. The molecule has 5 heteroatoms. The van der Waals surface area contributed by atoms with E-state index in [1.807, 2.05) is 31.2 Å². The fraction of sp³-hybridized carbons (Fsp3) is 0.188. The summed E-state index contributed by atoms with van der Waals surface area (Å²) in [6.45, 7) is 2.80. The first kappa shape index (κ1) is 14.6. The van der Waals surface area contributed by atoms with Crippen LogP contribution in [-0.2, 0) is 13.0 Å². The summed E-state index contributed by atoms with van der Waals surface area (Å²) in [5.41, 5.74) is 3.98. The van der Waals surface area contributed by atoms with E-state index in [0.717, 1.165) is 44.6 Å². The Kier molecular flexibility index (Phi) is 4.31. The molecule has 0 bridgehead atoms. The van der Waals surface area contributed by atoms with Crippen molar-refractivity contribution in [2.45, 2.75) is 19.9 Å². The van der Waals surface area contributed by atoms with Gasteiger partial charge in [0.1, 0.15) is 5.52 Å². The molecule has 1 N–H and O–H groups in total. The average Bonchev–Trinajstić information content (AvgIpc) is 2.90. The van der Waals surface area contributed by atoms with Gasteiger partial charge in [-0.1, -0.05) is 13.0 Å². The highest BCUT2D eigenvalue weighted by molar-refractivity contribution is 9.13. The normalized spacial score (nSPS) is 11.0. The van der Waals surface area contributed by atoms with Gasteiger partial charge < -0.3 is 9.73 Å². The van der Waals surface area contributed by atoms with Gasteiger partial charge in [-0.25, -0.2) is 4.98 Å². The summed E-state index contributed by atoms with van der Waals surface area (Å²) in [4.78, 5) is 4.45. The van der Waals surface area contributed by atoms with Gasteiger partial charge in [0.2, 0.25) is 0 Å². The van der Waals surface area contributed by atoms with Crippen molar-refractivity contribution in [2.75, 3.05) is 5.32 Å². The molecule has 0 fully saturated rings. The van der Waals surface area contributed by atoms with Crippen LogP contribution < -0.4 is 5.32 Å². The van der Waals surface area contributed by atoms with E-state index in [0.29, 0.717) is 0 Å². The van der Waals surface area contributed by atoms with Crippen molar-refractivity contribution >= 4 is 48.6 Å². The third-order valence-electron chi connectivity index (χ3n) is 3.21. The molecule has 0 unspecified atom stereocenters. The summed E-state index contributed by atoms with van der Waals surface area (Å²) in [5.74, 6) is 0.777. The molecule has 1 heterocycles. The van der Waals surface area contributed by atoms with Gasteiger partial charge in [0.05, 0.1) is 0 Å². The quantitative estimate of drug-likeness (QED) is 0.615. The van der Waals surface area contributed by atoms with Gasteiger partial charge in [-0.3, -0.25) is 0 Å². The molecule has 0 saturated carbocycles. The molecule has 0 aliphatic heterocycles. The maximum atomic E-state index is 5.61. The highest BCUT2D eigenvalue weighted by Crippen LogP contribution is 2.25. The van der Waals surface area contributed by atoms with Crippen LogP contribution >= 0.6 is 31.9 Å². The zero-order chi connectivity index (χ0) is 14.8. The number of hydrogen-bond donors (Lipinski definition) is 1. The first-order valence-corrected chi connectivity index (χ1v) is 8.31. The fourth-order valence-corrected chi connectivity index (χ4v) is 2.76. The molecule has 0 radical (unpaired) electrons. The minimum Gasteiger partial charge on any atom is -0.441 e. The molecule has 0 saturated heterocycles. The zero-order valence-corrected chi connectivity index (χ0v) is 14.7. The standard InChI is InChI=1S/C16H14Br2N2O/c1-2-16-20-14-8-11(4-6-15(14)21-16)19-9-10-3-5-12(17)13(18)7-10/h3-8,19H,2,9H2,1H3. The minimum atomic E-state index is 0.760. The third kappa shape index (κ3) is 3.30. The Bertz CT molecular complexity index is 783. The lowest BCUT2D eigenvalue weighted by Gasteiger charge is -2.07. The maximum absolute atomic E-state index is 5.61. The van der Waals surface area contributed by atoms with Crippen LogP contribution in [0, 0.1) is 0 Å². The van der Waals surface area contributed by atoms with E-state index in [1.54, 1.807) is 0 Å². The average molecular weight is 410 g/mol. The van der Waals surface area contributed by atoms with Crippen molar-refractivity contribution < 1.29 is 4.42 Å². The van der Waals surface area contributed by atoms with Crippen LogP contribution in [0.15, 0.2) is 49.8 Å². The zero-order valence-electron chi connectivity index (χ0n) is 11.5.